The average molecular weight is 372 g/mol. The fourth-order valence-electron chi connectivity index (χ4n) is 3.50. The number of rotatable bonds is 7. The molecule has 1 N–H and O–H groups in total. The minimum atomic E-state index is -0.958. The molecule has 2 unspecified atom stereocenters. The lowest BCUT2D eigenvalue weighted by Crippen LogP contribution is -2.25. The zero-order valence-electron chi connectivity index (χ0n) is 15.7. The number of ether oxygens (including phenoxy) is 4. The number of aliphatic hydroxyl groups is 1. The Kier molecular flexibility index (Phi) is 5.86. The van der Waals surface area contributed by atoms with Crippen molar-refractivity contribution in [3.05, 3.63) is 53.6 Å². The number of methoxy groups -OCH3 is 3. The smallest absolute Gasteiger partial charge is 0.312 e. The molecule has 3 atom stereocenters. The van der Waals surface area contributed by atoms with Gasteiger partial charge in [0, 0.05) is 5.92 Å². The van der Waals surface area contributed by atoms with Crippen molar-refractivity contribution in [1.82, 2.24) is 0 Å². The van der Waals surface area contributed by atoms with Crippen LogP contribution in [-0.2, 0) is 16.0 Å². The maximum Gasteiger partial charge on any atom is 0.312 e. The molecule has 3 rings (SSSR count). The van der Waals surface area contributed by atoms with Crippen LogP contribution < -0.4 is 14.2 Å². The second-order valence-electron chi connectivity index (χ2n) is 6.53. The molecule has 1 saturated heterocycles. The number of hydrogen-bond donors (Lipinski definition) is 1. The molecule has 0 aromatic heterocycles. The van der Waals surface area contributed by atoms with Gasteiger partial charge in [0.15, 0.2) is 11.5 Å². The molecule has 6 nitrogen and oxygen atoms in total. The van der Waals surface area contributed by atoms with Gasteiger partial charge in [-0.15, -0.1) is 0 Å². The molecule has 0 radical (unpaired) electrons. The highest BCUT2D eigenvalue weighted by atomic mass is 16.5. The first kappa shape index (κ1) is 19.0. The summed E-state index contributed by atoms with van der Waals surface area (Å²) < 4.78 is 21.1. The average Bonchev–Trinajstić information content (AvgIpc) is 3.07. The lowest BCUT2D eigenvalue weighted by Gasteiger charge is -2.22. The quantitative estimate of drug-likeness (QED) is 0.754. The maximum absolute atomic E-state index is 12.3. The zero-order valence-corrected chi connectivity index (χ0v) is 15.7. The molecule has 6 heteroatoms. The molecule has 0 amide bonds. The molecule has 2 aromatic rings. The highest BCUT2D eigenvalue weighted by molar-refractivity contribution is 5.76. The summed E-state index contributed by atoms with van der Waals surface area (Å²) in [6, 6.07) is 12.8. The van der Waals surface area contributed by atoms with Crippen LogP contribution in [0.3, 0.4) is 0 Å². The summed E-state index contributed by atoms with van der Waals surface area (Å²) in [7, 11) is 4.73. The minimum Gasteiger partial charge on any atom is -0.497 e. The topological polar surface area (TPSA) is 74.2 Å². The van der Waals surface area contributed by atoms with Crippen LogP contribution in [0, 0.1) is 11.8 Å². The molecule has 0 saturated carbocycles. The molecule has 1 fully saturated rings. The third kappa shape index (κ3) is 4.01. The van der Waals surface area contributed by atoms with Gasteiger partial charge in [0.05, 0.1) is 40.0 Å². The third-order valence-corrected chi connectivity index (χ3v) is 4.94. The van der Waals surface area contributed by atoms with E-state index in [9.17, 15) is 9.90 Å². The molecule has 0 aliphatic carbocycles. The molecule has 144 valence electrons. The largest absolute Gasteiger partial charge is 0.497 e. The van der Waals surface area contributed by atoms with E-state index in [0.29, 0.717) is 29.2 Å². The summed E-state index contributed by atoms with van der Waals surface area (Å²) in [4.78, 5) is 12.3. The molecular weight excluding hydrogens is 348 g/mol. The van der Waals surface area contributed by atoms with Crippen molar-refractivity contribution < 1.29 is 28.8 Å². The second kappa shape index (κ2) is 8.31. The van der Waals surface area contributed by atoms with E-state index in [4.69, 9.17) is 18.9 Å². The first-order valence-electron chi connectivity index (χ1n) is 8.77. The van der Waals surface area contributed by atoms with Crippen LogP contribution in [0.2, 0.25) is 0 Å². The SMILES string of the molecule is COc1cccc(C(O)C2C(=O)OC[C@@H]2Cc2ccc(OC)c(OC)c2)c1. The fraction of sp³-hybridized carbons (Fsp3) is 0.381. The summed E-state index contributed by atoms with van der Waals surface area (Å²) in [5.41, 5.74) is 1.62. The summed E-state index contributed by atoms with van der Waals surface area (Å²) >= 11 is 0. The Morgan fingerprint density at radius 2 is 1.85 bits per heavy atom. The summed E-state index contributed by atoms with van der Waals surface area (Å²) in [5, 5.41) is 10.8. The predicted octanol–water partition coefficient (Wildman–Crippen LogP) is 2.78. The molecule has 0 spiro atoms. The predicted molar refractivity (Wildman–Crippen MR) is 99.1 cm³/mol. The van der Waals surface area contributed by atoms with Crippen molar-refractivity contribution in [3.8, 4) is 17.2 Å². The molecule has 27 heavy (non-hydrogen) atoms. The molecule has 1 aliphatic heterocycles. The van der Waals surface area contributed by atoms with E-state index < -0.39 is 12.0 Å². The van der Waals surface area contributed by atoms with Gasteiger partial charge in [0.2, 0.25) is 0 Å². The van der Waals surface area contributed by atoms with E-state index in [1.54, 1.807) is 45.6 Å². The van der Waals surface area contributed by atoms with Crippen molar-refractivity contribution in [2.75, 3.05) is 27.9 Å². The first-order chi connectivity index (χ1) is 13.1. The lowest BCUT2D eigenvalue weighted by molar-refractivity contribution is -0.144. The molecule has 1 heterocycles. The lowest BCUT2D eigenvalue weighted by atomic mass is 9.83. The highest BCUT2D eigenvalue weighted by Gasteiger charge is 2.42. The number of benzene rings is 2. The number of carbonyl (C=O) groups is 1. The van der Waals surface area contributed by atoms with E-state index in [1.807, 2.05) is 18.2 Å². The molecule has 2 aromatic carbocycles. The Morgan fingerprint density at radius 1 is 1.07 bits per heavy atom. The van der Waals surface area contributed by atoms with Crippen molar-refractivity contribution >= 4 is 5.97 Å². The number of esters is 1. The van der Waals surface area contributed by atoms with Gasteiger partial charge in [0.25, 0.3) is 0 Å². The summed E-state index contributed by atoms with van der Waals surface area (Å²) in [6.45, 7) is 0.277. The van der Waals surface area contributed by atoms with Crippen LogP contribution in [0.4, 0.5) is 0 Å². The van der Waals surface area contributed by atoms with Gasteiger partial charge >= 0.3 is 5.97 Å². The number of carbonyl (C=O) groups excluding carboxylic acids is 1. The highest BCUT2D eigenvalue weighted by Crippen LogP contribution is 2.38. The Balaban J connectivity index is 1.81. The second-order valence-corrected chi connectivity index (χ2v) is 6.53. The van der Waals surface area contributed by atoms with Gasteiger partial charge in [-0.2, -0.15) is 0 Å². The van der Waals surface area contributed by atoms with Gasteiger partial charge in [-0.25, -0.2) is 0 Å². The van der Waals surface area contributed by atoms with Crippen LogP contribution in [0.25, 0.3) is 0 Å². The van der Waals surface area contributed by atoms with Crippen LogP contribution in [0.15, 0.2) is 42.5 Å². The Labute approximate surface area is 158 Å². The van der Waals surface area contributed by atoms with Crippen LogP contribution in [-0.4, -0.2) is 39.0 Å². The number of aliphatic hydroxyl groups excluding tert-OH is 1. The molecule has 0 bridgehead atoms. The Bertz CT molecular complexity index is 803. The Morgan fingerprint density at radius 3 is 2.56 bits per heavy atom. The standard InChI is InChI=1S/C21H24O6/c1-24-16-6-4-5-14(11-16)20(22)19-15(12-27-21(19)23)9-13-7-8-17(25-2)18(10-13)26-3/h4-8,10-11,15,19-20,22H,9,12H2,1-3H3/t15-,19?,20?/m0/s1. The van der Waals surface area contributed by atoms with E-state index >= 15 is 0 Å². The van der Waals surface area contributed by atoms with Gasteiger partial charge in [0.1, 0.15) is 5.75 Å². The van der Waals surface area contributed by atoms with E-state index in [1.165, 1.54) is 0 Å². The van der Waals surface area contributed by atoms with Crippen LogP contribution in [0.5, 0.6) is 17.2 Å². The van der Waals surface area contributed by atoms with E-state index in [0.717, 1.165) is 5.56 Å². The summed E-state index contributed by atoms with van der Waals surface area (Å²) in [6.07, 6.45) is -0.377. The number of cyclic esters (lactones) is 1. The van der Waals surface area contributed by atoms with Gasteiger partial charge in [-0.3, -0.25) is 4.79 Å². The first-order valence-corrected chi connectivity index (χ1v) is 8.77. The van der Waals surface area contributed by atoms with Crippen molar-refractivity contribution in [2.45, 2.75) is 12.5 Å². The van der Waals surface area contributed by atoms with Crippen molar-refractivity contribution in [2.24, 2.45) is 11.8 Å². The van der Waals surface area contributed by atoms with Gasteiger partial charge < -0.3 is 24.1 Å². The van der Waals surface area contributed by atoms with Crippen LogP contribution >= 0.6 is 0 Å². The van der Waals surface area contributed by atoms with Crippen molar-refractivity contribution in [3.63, 3.8) is 0 Å². The van der Waals surface area contributed by atoms with Gasteiger partial charge in [-0.1, -0.05) is 18.2 Å². The number of hydrogen-bond acceptors (Lipinski definition) is 6. The van der Waals surface area contributed by atoms with Crippen molar-refractivity contribution in [1.29, 1.82) is 0 Å². The fourth-order valence-corrected chi connectivity index (χ4v) is 3.50. The summed E-state index contributed by atoms with van der Waals surface area (Å²) in [5.74, 6) is 0.755. The maximum atomic E-state index is 12.3. The Hall–Kier alpha value is -2.73. The van der Waals surface area contributed by atoms with E-state index in [2.05, 4.69) is 0 Å². The molecule has 1 aliphatic rings. The molecular formula is C21H24O6. The third-order valence-electron chi connectivity index (χ3n) is 4.94. The van der Waals surface area contributed by atoms with Crippen LogP contribution in [0.1, 0.15) is 17.2 Å². The zero-order chi connectivity index (χ0) is 19.4. The normalized spacial score (nSPS) is 20.1. The van der Waals surface area contributed by atoms with E-state index in [-0.39, 0.29) is 18.5 Å². The monoisotopic (exact) mass is 372 g/mol. The van der Waals surface area contributed by atoms with Gasteiger partial charge in [-0.05, 0) is 41.8 Å². The minimum absolute atomic E-state index is 0.142.